The normalized spacial score (nSPS) is 11.1. The SMILES string of the molecule is COc1ccccc1CN(Cc1cccs1)C(=O)Cn1cnc2c1c(=O)n(C)c(=O)n2C. The maximum Gasteiger partial charge on any atom is 0.332 e. The number of thiophene rings is 1. The van der Waals surface area contributed by atoms with Crippen molar-refractivity contribution >= 4 is 28.4 Å². The summed E-state index contributed by atoms with van der Waals surface area (Å²) in [5.74, 6) is 0.521. The Hall–Kier alpha value is -3.66. The first-order valence-electron chi connectivity index (χ1n) is 9.93. The molecule has 1 amide bonds. The molecule has 1 aromatic carbocycles. The molecule has 0 saturated carbocycles. The first kappa shape index (κ1) is 21.6. The van der Waals surface area contributed by atoms with Crippen molar-refractivity contribution in [2.24, 2.45) is 14.1 Å². The molecule has 0 spiro atoms. The van der Waals surface area contributed by atoms with Gasteiger partial charge in [0.25, 0.3) is 5.56 Å². The maximum atomic E-state index is 13.4. The highest BCUT2D eigenvalue weighted by Crippen LogP contribution is 2.22. The molecule has 166 valence electrons. The molecule has 4 rings (SSSR count). The molecule has 9 nitrogen and oxygen atoms in total. The van der Waals surface area contributed by atoms with Gasteiger partial charge in [0.2, 0.25) is 5.91 Å². The first-order valence-corrected chi connectivity index (χ1v) is 10.8. The summed E-state index contributed by atoms with van der Waals surface area (Å²) in [5.41, 5.74) is 0.406. The number of aryl methyl sites for hydroxylation is 1. The molecule has 3 heterocycles. The van der Waals surface area contributed by atoms with E-state index in [1.807, 2.05) is 41.8 Å². The zero-order valence-electron chi connectivity index (χ0n) is 18.0. The average Bonchev–Trinajstić information content (AvgIpc) is 3.46. The minimum atomic E-state index is -0.483. The summed E-state index contributed by atoms with van der Waals surface area (Å²) in [6, 6.07) is 11.5. The van der Waals surface area contributed by atoms with Crippen LogP contribution in [0.1, 0.15) is 10.4 Å². The van der Waals surface area contributed by atoms with Gasteiger partial charge in [-0.1, -0.05) is 24.3 Å². The summed E-state index contributed by atoms with van der Waals surface area (Å²) in [5, 5.41) is 1.97. The van der Waals surface area contributed by atoms with Crippen LogP contribution in [0.2, 0.25) is 0 Å². The summed E-state index contributed by atoms with van der Waals surface area (Å²) in [6.45, 7) is 0.700. The number of benzene rings is 1. The summed E-state index contributed by atoms with van der Waals surface area (Å²) >= 11 is 1.57. The van der Waals surface area contributed by atoms with Crippen molar-refractivity contribution < 1.29 is 9.53 Å². The number of imidazole rings is 1. The second-order valence-corrected chi connectivity index (χ2v) is 8.42. The number of fused-ring (bicyclic) bond motifs is 1. The van der Waals surface area contributed by atoms with E-state index in [1.54, 1.807) is 30.4 Å². The smallest absolute Gasteiger partial charge is 0.332 e. The lowest BCUT2D eigenvalue weighted by molar-refractivity contribution is -0.133. The van der Waals surface area contributed by atoms with Gasteiger partial charge >= 0.3 is 5.69 Å². The predicted octanol–water partition coefficient (Wildman–Crippen LogP) is 1.73. The van der Waals surface area contributed by atoms with E-state index in [0.717, 1.165) is 15.0 Å². The van der Waals surface area contributed by atoms with Gasteiger partial charge in [-0.25, -0.2) is 9.78 Å². The van der Waals surface area contributed by atoms with Gasteiger partial charge in [0.05, 0.1) is 20.0 Å². The largest absolute Gasteiger partial charge is 0.496 e. The maximum absolute atomic E-state index is 13.4. The molecule has 0 bridgehead atoms. The molecule has 32 heavy (non-hydrogen) atoms. The number of rotatable bonds is 7. The third kappa shape index (κ3) is 3.96. The number of carbonyl (C=O) groups is 1. The van der Waals surface area contributed by atoms with E-state index in [1.165, 1.54) is 22.5 Å². The monoisotopic (exact) mass is 453 g/mol. The number of hydrogen-bond donors (Lipinski definition) is 0. The van der Waals surface area contributed by atoms with Crippen LogP contribution in [0.15, 0.2) is 57.7 Å². The number of amides is 1. The Balaban J connectivity index is 1.69. The first-order chi connectivity index (χ1) is 15.4. The lowest BCUT2D eigenvalue weighted by Crippen LogP contribution is -2.38. The van der Waals surface area contributed by atoms with Crippen LogP contribution >= 0.6 is 11.3 Å². The molecule has 0 aliphatic heterocycles. The molecule has 0 unspecified atom stereocenters. The number of aromatic nitrogens is 4. The van der Waals surface area contributed by atoms with Crippen LogP contribution in [0, 0.1) is 0 Å². The van der Waals surface area contributed by atoms with Crippen molar-refractivity contribution in [1.82, 2.24) is 23.6 Å². The minimum Gasteiger partial charge on any atom is -0.496 e. The van der Waals surface area contributed by atoms with Crippen LogP contribution in [-0.4, -0.2) is 36.6 Å². The average molecular weight is 454 g/mol. The highest BCUT2D eigenvalue weighted by atomic mass is 32.1. The van der Waals surface area contributed by atoms with Crippen molar-refractivity contribution in [3.05, 3.63) is 79.4 Å². The lowest BCUT2D eigenvalue weighted by Gasteiger charge is -2.23. The van der Waals surface area contributed by atoms with Gasteiger partial charge in [-0.2, -0.15) is 0 Å². The zero-order chi connectivity index (χ0) is 22.8. The quantitative estimate of drug-likeness (QED) is 0.425. The molecule has 4 aromatic rings. The molecule has 0 aliphatic rings. The lowest BCUT2D eigenvalue weighted by atomic mass is 10.2. The van der Waals surface area contributed by atoms with Crippen LogP contribution in [-0.2, 0) is 38.5 Å². The van der Waals surface area contributed by atoms with Gasteiger partial charge in [0, 0.05) is 31.1 Å². The highest BCUT2D eigenvalue weighted by Gasteiger charge is 2.21. The summed E-state index contributed by atoms with van der Waals surface area (Å²) in [4.78, 5) is 45.3. The van der Waals surface area contributed by atoms with Crippen LogP contribution < -0.4 is 16.0 Å². The molecule has 0 atom stereocenters. The molecule has 3 aromatic heterocycles. The Morgan fingerprint density at radius 2 is 1.88 bits per heavy atom. The summed E-state index contributed by atoms with van der Waals surface area (Å²) in [7, 11) is 4.56. The Kier molecular flexibility index (Phi) is 5.95. The van der Waals surface area contributed by atoms with Crippen molar-refractivity contribution in [2.45, 2.75) is 19.6 Å². The molecular formula is C22H23N5O4S. The number of para-hydroxylation sites is 1. The fourth-order valence-corrected chi connectivity index (χ4v) is 4.34. The second kappa shape index (κ2) is 8.83. The van der Waals surface area contributed by atoms with Crippen molar-refractivity contribution in [1.29, 1.82) is 0 Å². The minimum absolute atomic E-state index is 0.0789. The highest BCUT2D eigenvalue weighted by molar-refractivity contribution is 7.09. The molecule has 0 N–H and O–H groups in total. The fourth-order valence-electron chi connectivity index (χ4n) is 3.62. The number of nitrogens with zero attached hydrogens (tertiary/aromatic N) is 5. The number of methoxy groups -OCH3 is 1. The van der Waals surface area contributed by atoms with E-state index in [-0.39, 0.29) is 23.6 Å². The molecule has 0 fully saturated rings. The van der Waals surface area contributed by atoms with Crippen LogP contribution in [0.3, 0.4) is 0 Å². The number of carbonyl (C=O) groups excluding carboxylic acids is 1. The van der Waals surface area contributed by atoms with E-state index in [2.05, 4.69) is 4.98 Å². The Morgan fingerprint density at radius 3 is 2.59 bits per heavy atom. The van der Waals surface area contributed by atoms with Crippen molar-refractivity contribution in [2.75, 3.05) is 7.11 Å². The predicted molar refractivity (Wildman–Crippen MR) is 122 cm³/mol. The Morgan fingerprint density at radius 1 is 1.09 bits per heavy atom. The molecule has 10 heteroatoms. The van der Waals surface area contributed by atoms with Crippen LogP contribution in [0.4, 0.5) is 0 Å². The van der Waals surface area contributed by atoms with Crippen LogP contribution in [0.25, 0.3) is 11.2 Å². The fraction of sp³-hybridized carbons (Fsp3) is 0.273. The van der Waals surface area contributed by atoms with Gasteiger partial charge in [-0.05, 0) is 17.5 Å². The van der Waals surface area contributed by atoms with Crippen molar-refractivity contribution in [3.8, 4) is 5.75 Å². The third-order valence-corrected chi connectivity index (χ3v) is 6.22. The Labute approximate surface area is 187 Å². The van der Waals surface area contributed by atoms with Gasteiger partial charge in [0.1, 0.15) is 12.3 Å². The van der Waals surface area contributed by atoms with Crippen molar-refractivity contribution in [3.63, 3.8) is 0 Å². The van der Waals surface area contributed by atoms with E-state index in [4.69, 9.17) is 4.74 Å². The van der Waals surface area contributed by atoms with E-state index < -0.39 is 11.2 Å². The van der Waals surface area contributed by atoms with E-state index in [0.29, 0.717) is 18.8 Å². The van der Waals surface area contributed by atoms with Gasteiger partial charge < -0.3 is 14.2 Å². The molecule has 0 aliphatic carbocycles. The topological polar surface area (TPSA) is 91.4 Å². The van der Waals surface area contributed by atoms with Gasteiger partial charge in [-0.15, -0.1) is 11.3 Å². The number of ether oxygens (including phenoxy) is 1. The Bertz CT molecular complexity index is 1380. The molecule has 0 radical (unpaired) electrons. The van der Waals surface area contributed by atoms with E-state index >= 15 is 0 Å². The van der Waals surface area contributed by atoms with Crippen LogP contribution in [0.5, 0.6) is 5.75 Å². The second-order valence-electron chi connectivity index (χ2n) is 7.39. The molecule has 0 saturated heterocycles. The standard InChI is InChI=1S/C22H23N5O4S/c1-24-20-19(21(29)25(2)22(24)30)27(14-23-20)13-18(28)26(12-16-8-6-10-32-16)11-15-7-4-5-9-17(15)31-3/h4-10,14H,11-13H2,1-3H3. The van der Waals surface area contributed by atoms with Gasteiger partial charge in [-0.3, -0.25) is 18.7 Å². The molecular weight excluding hydrogens is 430 g/mol. The third-order valence-electron chi connectivity index (χ3n) is 5.36. The van der Waals surface area contributed by atoms with E-state index in [9.17, 15) is 14.4 Å². The number of hydrogen-bond acceptors (Lipinski definition) is 6. The summed E-state index contributed by atoms with van der Waals surface area (Å²) < 4.78 is 9.27. The van der Waals surface area contributed by atoms with Gasteiger partial charge in [0.15, 0.2) is 11.2 Å². The summed E-state index contributed by atoms with van der Waals surface area (Å²) in [6.07, 6.45) is 1.43. The zero-order valence-corrected chi connectivity index (χ0v) is 18.8.